The van der Waals surface area contributed by atoms with Gasteiger partial charge >= 0.3 is 6.03 Å². The normalized spacial score (nSPS) is 23.2. The molecule has 2 amide bonds. The van der Waals surface area contributed by atoms with E-state index in [4.69, 9.17) is 16.3 Å². The van der Waals surface area contributed by atoms with Gasteiger partial charge in [0.25, 0.3) is 0 Å². The average molecular weight is 359 g/mol. The number of hydrogen-bond donors (Lipinski definition) is 3. The van der Waals surface area contributed by atoms with E-state index in [1.165, 1.54) is 0 Å². The number of anilines is 1. The summed E-state index contributed by atoms with van der Waals surface area (Å²) < 4.78 is 5.43. The van der Waals surface area contributed by atoms with Crippen molar-refractivity contribution in [3.63, 3.8) is 0 Å². The van der Waals surface area contributed by atoms with Crippen LogP contribution in [0.2, 0.25) is 5.02 Å². The van der Waals surface area contributed by atoms with Gasteiger partial charge in [-0.15, -0.1) is 11.8 Å². The lowest BCUT2D eigenvalue weighted by atomic mass is 9.77. The molecule has 1 aliphatic carbocycles. The van der Waals surface area contributed by atoms with E-state index in [0.29, 0.717) is 30.2 Å². The van der Waals surface area contributed by atoms with E-state index in [9.17, 15) is 9.90 Å². The summed E-state index contributed by atoms with van der Waals surface area (Å²) in [4.78, 5) is 13.0. The maximum absolute atomic E-state index is 12.1. The van der Waals surface area contributed by atoms with Crippen molar-refractivity contribution in [1.29, 1.82) is 0 Å². The standard InChI is InChI=1S/C16H23ClN2O3S/c1-3-22-12-8-16(21,9-12)10-18-15(20)19-13-7-11(17)5-6-14(13)23-4-2/h5-7,12,21H,3-4,8-10H2,1-2H3,(H2,18,19,20). The summed E-state index contributed by atoms with van der Waals surface area (Å²) in [6.07, 6.45) is 1.19. The molecule has 3 N–H and O–H groups in total. The quantitative estimate of drug-likeness (QED) is 0.652. The Balaban J connectivity index is 1.85. The Hall–Kier alpha value is -0.950. The highest BCUT2D eigenvalue weighted by Gasteiger charge is 2.43. The zero-order chi connectivity index (χ0) is 16.9. The molecule has 0 atom stereocenters. The van der Waals surface area contributed by atoms with Gasteiger partial charge in [0.05, 0.1) is 17.4 Å². The Kier molecular flexibility index (Phi) is 6.59. The highest BCUT2D eigenvalue weighted by molar-refractivity contribution is 7.99. The van der Waals surface area contributed by atoms with E-state index < -0.39 is 5.60 Å². The Morgan fingerprint density at radius 2 is 2.22 bits per heavy atom. The number of hydrogen-bond acceptors (Lipinski definition) is 4. The lowest BCUT2D eigenvalue weighted by Crippen LogP contribution is -2.55. The van der Waals surface area contributed by atoms with Gasteiger partial charge in [-0.2, -0.15) is 0 Å². The Morgan fingerprint density at radius 1 is 1.48 bits per heavy atom. The zero-order valence-electron chi connectivity index (χ0n) is 13.4. The number of carbonyl (C=O) groups excluding carboxylic acids is 1. The maximum atomic E-state index is 12.1. The zero-order valence-corrected chi connectivity index (χ0v) is 15.0. The van der Waals surface area contributed by atoms with Gasteiger partial charge in [-0.1, -0.05) is 18.5 Å². The Labute approximate surface area is 146 Å². The molecule has 0 spiro atoms. The number of carbonyl (C=O) groups is 1. The SMILES string of the molecule is CCOC1CC(O)(CNC(=O)Nc2cc(Cl)ccc2SCC)C1. The molecule has 0 radical (unpaired) electrons. The molecule has 0 bridgehead atoms. The molecular weight excluding hydrogens is 336 g/mol. The van der Waals surface area contributed by atoms with Crippen molar-refractivity contribution < 1.29 is 14.6 Å². The van der Waals surface area contributed by atoms with Crippen LogP contribution >= 0.6 is 23.4 Å². The van der Waals surface area contributed by atoms with Crippen molar-refractivity contribution in [3.8, 4) is 0 Å². The average Bonchev–Trinajstić information content (AvgIpc) is 2.47. The van der Waals surface area contributed by atoms with Crippen molar-refractivity contribution >= 4 is 35.1 Å². The van der Waals surface area contributed by atoms with Crippen LogP contribution in [0.5, 0.6) is 0 Å². The van der Waals surface area contributed by atoms with Gasteiger partial charge in [0.1, 0.15) is 0 Å². The van der Waals surface area contributed by atoms with E-state index >= 15 is 0 Å². The molecule has 1 saturated carbocycles. The van der Waals surface area contributed by atoms with Crippen molar-refractivity contribution in [3.05, 3.63) is 23.2 Å². The van der Waals surface area contributed by atoms with Crippen molar-refractivity contribution in [1.82, 2.24) is 5.32 Å². The minimum Gasteiger partial charge on any atom is -0.388 e. The second-order valence-electron chi connectivity index (χ2n) is 5.59. The second-order valence-corrected chi connectivity index (χ2v) is 7.33. The molecule has 0 aromatic heterocycles. The van der Waals surface area contributed by atoms with Gasteiger partial charge in [-0.3, -0.25) is 0 Å². The number of nitrogens with one attached hydrogen (secondary N) is 2. The number of thioether (sulfide) groups is 1. The van der Waals surface area contributed by atoms with E-state index in [2.05, 4.69) is 10.6 Å². The highest BCUT2D eigenvalue weighted by Crippen LogP contribution is 2.34. The van der Waals surface area contributed by atoms with Gasteiger partial charge < -0.3 is 20.5 Å². The van der Waals surface area contributed by atoms with Crippen LogP contribution in [0.4, 0.5) is 10.5 Å². The third-order valence-corrected chi connectivity index (χ3v) is 4.88. The summed E-state index contributed by atoms with van der Waals surface area (Å²) in [5.74, 6) is 0.899. The Morgan fingerprint density at radius 3 is 2.87 bits per heavy atom. The minimum absolute atomic E-state index is 0.0929. The molecule has 2 rings (SSSR count). The third-order valence-electron chi connectivity index (χ3n) is 3.69. The number of urea groups is 1. The summed E-state index contributed by atoms with van der Waals surface area (Å²) in [7, 11) is 0. The monoisotopic (exact) mass is 358 g/mol. The summed E-state index contributed by atoms with van der Waals surface area (Å²) in [6, 6.07) is 5.06. The van der Waals surface area contributed by atoms with Crippen molar-refractivity contribution in [2.24, 2.45) is 0 Å². The predicted molar refractivity (Wildman–Crippen MR) is 94.5 cm³/mol. The van der Waals surface area contributed by atoms with E-state index in [1.807, 2.05) is 19.9 Å². The first-order chi connectivity index (χ1) is 11.0. The Bertz CT molecular complexity index is 550. The number of amides is 2. The molecule has 7 heteroatoms. The van der Waals surface area contributed by atoms with Crippen LogP contribution in [0.15, 0.2) is 23.1 Å². The van der Waals surface area contributed by atoms with Gasteiger partial charge in [-0.05, 0) is 30.9 Å². The lowest BCUT2D eigenvalue weighted by molar-refractivity contribution is -0.133. The largest absolute Gasteiger partial charge is 0.388 e. The number of rotatable bonds is 7. The summed E-state index contributed by atoms with van der Waals surface area (Å²) >= 11 is 7.62. The molecule has 1 aromatic carbocycles. The van der Waals surface area contributed by atoms with Crippen LogP contribution < -0.4 is 10.6 Å². The molecular formula is C16H23ClN2O3S. The van der Waals surface area contributed by atoms with Crippen LogP contribution in [0, 0.1) is 0 Å². The van der Waals surface area contributed by atoms with Crippen molar-refractivity contribution in [2.45, 2.75) is 43.3 Å². The van der Waals surface area contributed by atoms with Crippen LogP contribution in [0.1, 0.15) is 26.7 Å². The van der Waals surface area contributed by atoms with Gasteiger partial charge in [0, 0.05) is 35.9 Å². The molecule has 128 valence electrons. The fourth-order valence-corrected chi connectivity index (χ4v) is 3.49. The number of aliphatic hydroxyl groups is 1. The summed E-state index contributed by atoms with van der Waals surface area (Å²) in [5, 5.41) is 16.3. The topological polar surface area (TPSA) is 70.6 Å². The number of ether oxygens (including phenoxy) is 1. The third kappa shape index (κ3) is 5.28. The first-order valence-corrected chi connectivity index (χ1v) is 9.13. The van der Waals surface area contributed by atoms with E-state index in [1.54, 1.807) is 23.9 Å². The molecule has 0 unspecified atom stereocenters. The lowest BCUT2D eigenvalue weighted by Gasteiger charge is -2.43. The highest BCUT2D eigenvalue weighted by atomic mass is 35.5. The minimum atomic E-state index is -0.869. The molecule has 0 saturated heterocycles. The first kappa shape index (κ1) is 18.4. The van der Waals surface area contributed by atoms with Crippen LogP contribution in [0.3, 0.4) is 0 Å². The second kappa shape index (κ2) is 8.24. The van der Waals surface area contributed by atoms with Crippen LogP contribution in [0.25, 0.3) is 0 Å². The van der Waals surface area contributed by atoms with E-state index in [0.717, 1.165) is 10.6 Å². The molecule has 0 heterocycles. The van der Waals surface area contributed by atoms with Gasteiger partial charge in [0.15, 0.2) is 0 Å². The molecule has 5 nitrogen and oxygen atoms in total. The predicted octanol–water partition coefficient (Wildman–Crippen LogP) is 3.50. The van der Waals surface area contributed by atoms with Gasteiger partial charge in [-0.25, -0.2) is 4.79 Å². The number of benzene rings is 1. The number of halogens is 1. The summed E-state index contributed by atoms with van der Waals surface area (Å²) in [5.41, 5.74) is -0.193. The van der Waals surface area contributed by atoms with E-state index in [-0.39, 0.29) is 18.7 Å². The molecule has 0 aliphatic heterocycles. The van der Waals surface area contributed by atoms with Gasteiger partial charge in [0.2, 0.25) is 0 Å². The maximum Gasteiger partial charge on any atom is 0.319 e. The van der Waals surface area contributed by atoms with Crippen LogP contribution in [-0.2, 0) is 4.74 Å². The fraction of sp³-hybridized carbons (Fsp3) is 0.562. The van der Waals surface area contributed by atoms with Crippen molar-refractivity contribution in [2.75, 3.05) is 24.2 Å². The first-order valence-electron chi connectivity index (χ1n) is 7.77. The molecule has 1 aliphatic rings. The van der Waals surface area contributed by atoms with Crippen LogP contribution in [-0.4, -0.2) is 41.7 Å². The summed E-state index contributed by atoms with van der Waals surface area (Å²) in [6.45, 7) is 4.82. The molecule has 1 aromatic rings. The smallest absolute Gasteiger partial charge is 0.319 e. The fourth-order valence-electron chi connectivity index (χ4n) is 2.58. The molecule has 1 fully saturated rings. The molecule has 23 heavy (non-hydrogen) atoms.